The van der Waals surface area contributed by atoms with Crippen LogP contribution in [0.25, 0.3) is 0 Å². The molecule has 0 aliphatic carbocycles. The molecule has 2 amide bonds. The van der Waals surface area contributed by atoms with Crippen LogP contribution in [-0.4, -0.2) is 69.6 Å². The highest BCUT2D eigenvalue weighted by atomic mass is 16.5. The highest BCUT2D eigenvalue weighted by Gasteiger charge is 2.22. The number of methoxy groups -OCH3 is 1. The molecule has 31 heavy (non-hydrogen) atoms. The summed E-state index contributed by atoms with van der Waals surface area (Å²) in [5.41, 5.74) is 2.51. The molecule has 1 aliphatic rings. The van der Waals surface area contributed by atoms with Crippen molar-refractivity contribution in [1.29, 1.82) is 0 Å². The number of ether oxygens (including phenoxy) is 1. The Hall–Kier alpha value is -3.06. The molecule has 0 spiro atoms. The van der Waals surface area contributed by atoms with E-state index >= 15 is 0 Å². The van der Waals surface area contributed by atoms with E-state index in [1.807, 2.05) is 32.0 Å². The third kappa shape index (κ3) is 5.98. The van der Waals surface area contributed by atoms with Crippen LogP contribution < -0.4 is 19.9 Å². The van der Waals surface area contributed by atoms with Crippen molar-refractivity contribution in [2.24, 2.45) is 0 Å². The van der Waals surface area contributed by atoms with Gasteiger partial charge in [0.25, 0.3) is 11.8 Å². The van der Waals surface area contributed by atoms with Crippen molar-refractivity contribution in [2.75, 3.05) is 63.1 Å². The molecule has 7 nitrogen and oxygen atoms in total. The summed E-state index contributed by atoms with van der Waals surface area (Å²) in [6.07, 6.45) is 0. The van der Waals surface area contributed by atoms with E-state index in [2.05, 4.69) is 16.3 Å². The Morgan fingerprint density at radius 1 is 1.06 bits per heavy atom. The van der Waals surface area contributed by atoms with Gasteiger partial charge in [-0.25, -0.2) is 0 Å². The van der Waals surface area contributed by atoms with Crippen LogP contribution in [0.5, 0.6) is 5.75 Å². The molecule has 3 rings (SSSR count). The number of rotatable bonds is 8. The molecule has 0 aromatic heterocycles. The van der Waals surface area contributed by atoms with E-state index in [1.54, 1.807) is 36.3 Å². The Kier molecular flexibility index (Phi) is 7.89. The molecule has 0 radical (unpaired) electrons. The van der Waals surface area contributed by atoms with E-state index < -0.39 is 0 Å². The van der Waals surface area contributed by atoms with Gasteiger partial charge >= 0.3 is 0 Å². The van der Waals surface area contributed by atoms with Crippen LogP contribution >= 0.6 is 0 Å². The minimum atomic E-state index is -0.00681. The van der Waals surface area contributed by atoms with E-state index in [0.29, 0.717) is 25.2 Å². The average molecular weight is 426 g/mol. The first-order valence-corrected chi connectivity index (χ1v) is 11.0. The zero-order chi connectivity index (χ0) is 22.2. The largest absolute Gasteiger partial charge is 0.497 e. The minimum absolute atomic E-state index is 0.00681. The number of benzene rings is 2. The fraction of sp³-hybridized carbons (Fsp3) is 0.417. The SMILES string of the molecule is CCN(CC)C(=O)c1ccc(NC(=O)C[NH+]2CCN(c3cccc(OC)c3)CC2)cc1. The first-order valence-electron chi connectivity index (χ1n) is 11.0. The summed E-state index contributed by atoms with van der Waals surface area (Å²) in [6, 6.07) is 15.2. The molecule has 166 valence electrons. The Labute approximate surface area is 184 Å². The lowest BCUT2D eigenvalue weighted by atomic mass is 10.1. The summed E-state index contributed by atoms with van der Waals surface area (Å²) in [6.45, 7) is 9.35. The van der Waals surface area contributed by atoms with Gasteiger partial charge in [-0.3, -0.25) is 9.59 Å². The third-order valence-electron chi connectivity index (χ3n) is 5.77. The number of anilines is 2. The van der Waals surface area contributed by atoms with E-state index in [0.717, 1.165) is 43.3 Å². The monoisotopic (exact) mass is 425 g/mol. The standard InChI is InChI=1S/C24H32N4O3/c1-4-27(5-2)24(30)19-9-11-20(12-10-19)25-23(29)18-26-13-15-28(16-14-26)21-7-6-8-22(17-21)31-3/h6-12,17H,4-5,13-16,18H2,1-3H3,(H,25,29)/p+1. The van der Waals surface area contributed by atoms with E-state index in [9.17, 15) is 9.59 Å². The van der Waals surface area contributed by atoms with E-state index in [-0.39, 0.29) is 11.8 Å². The number of hydrogen-bond acceptors (Lipinski definition) is 4. The number of piperazine rings is 1. The van der Waals surface area contributed by atoms with E-state index in [4.69, 9.17) is 4.74 Å². The van der Waals surface area contributed by atoms with Gasteiger partial charge in [-0.1, -0.05) is 6.07 Å². The maximum Gasteiger partial charge on any atom is 0.279 e. The lowest BCUT2D eigenvalue weighted by Crippen LogP contribution is -3.15. The molecule has 0 saturated carbocycles. The fourth-order valence-corrected chi connectivity index (χ4v) is 3.89. The Morgan fingerprint density at radius 3 is 2.35 bits per heavy atom. The maximum absolute atomic E-state index is 12.5. The van der Waals surface area contributed by atoms with Crippen molar-refractivity contribution >= 4 is 23.2 Å². The van der Waals surface area contributed by atoms with Crippen LogP contribution in [-0.2, 0) is 4.79 Å². The quantitative estimate of drug-likeness (QED) is 0.673. The second-order valence-electron chi connectivity index (χ2n) is 7.72. The smallest absolute Gasteiger partial charge is 0.279 e. The van der Waals surface area contributed by atoms with Gasteiger partial charge in [0.15, 0.2) is 6.54 Å². The van der Waals surface area contributed by atoms with Crippen molar-refractivity contribution in [3.05, 3.63) is 54.1 Å². The molecule has 7 heteroatoms. The Morgan fingerprint density at radius 2 is 1.74 bits per heavy atom. The summed E-state index contributed by atoms with van der Waals surface area (Å²) in [5, 5.41) is 2.96. The number of nitrogens with zero attached hydrogens (tertiary/aromatic N) is 2. The highest BCUT2D eigenvalue weighted by Crippen LogP contribution is 2.20. The average Bonchev–Trinajstić information content (AvgIpc) is 2.80. The molecule has 2 N–H and O–H groups in total. The van der Waals surface area contributed by atoms with Gasteiger partial charge in [0, 0.05) is 36.1 Å². The summed E-state index contributed by atoms with van der Waals surface area (Å²) >= 11 is 0. The number of nitrogens with one attached hydrogen (secondary N) is 2. The highest BCUT2D eigenvalue weighted by molar-refractivity contribution is 5.96. The van der Waals surface area contributed by atoms with Crippen molar-refractivity contribution in [3.8, 4) is 5.75 Å². The fourth-order valence-electron chi connectivity index (χ4n) is 3.89. The summed E-state index contributed by atoms with van der Waals surface area (Å²) < 4.78 is 5.31. The molecule has 1 heterocycles. The lowest BCUT2D eigenvalue weighted by molar-refractivity contribution is -0.892. The number of amides is 2. The Bertz CT molecular complexity index is 873. The lowest BCUT2D eigenvalue weighted by Gasteiger charge is -2.33. The molecule has 2 aromatic rings. The van der Waals surface area contributed by atoms with Gasteiger partial charge in [-0.05, 0) is 50.2 Å². The van der Waals surface area contributed by atoms with Gasteiger partial charge in [0.2, 0.25) is 0 Å². The van der Waals surface area contributed by atoms with Crippen LogP contribution in [0.3, 0.4) is 0 Å². The van der Waals surface area contributed by atoms with Crippen LogP contribution in [0.2, 0.25) is 0 Å². The topological polar surface area (TPSA) is 66.3 Å². The second kappa shape index (κ2) is 10.8. The second-order valence-corrected chi connectivity index (χ2v) is 7.72. The van der Waals surface area contributed by atoms with Crippen LogP contribution in [0.4, 0.5) is 11.4 Å². The molecule has 2 aromatic carbocycles. The van der Waals surface area contributed by atoms with Gasteiger partial charge in [0.1, 0.15) is 5.75 Å². The van der Waals surface area contributed by atoms with Crippen LogP contribution in [0, 0.1) is 0 Å². The molecule has 1 saturated heterocycles. The van der Waals surface area contributed by atoms with Crippen LogP contribution in [0.15, 0.2) is 48.5 Å². The zero-order valence-corrected chi connectivity index (χ0v) is 18.7. The number of carbonyl (C=O) groups is 2. The minimum Gasteiger partial charge on any atom is -0.497 e. The molecular formula is C24H33N4O3+. The number of carbonyl (C=O) groups excluding carboxylic acids is 2. The summed E-state index contributed by atoms with van der Waals surface area (Å²) in [7, 11) is 1.68. The number of hydrogen-bond donors (Lipinski definition) is 2. The van der Waals surface area contributed by atoms with Crippen molar-refractivity contribution in [3.63, 3.8) is 0 Å². The first kappa shape index (κ1) is 22.6. The first-order chi connectivity index (χ1) is 15.0. The predicted octanol–water partition coefficient (Wildman–Crippen LogP) is 1.52. The zero-order valence-electron chi connectivity index (χ0n) is 18.7. The summed E-state index contributed by atoms with van der Waals surface area (Å²) in [4.78, 5) is 30.3. The number of quaternary nitrogens is 1. The van der Waals surface area contributed by atoms with Crippen molar-refractivity contribution in [1.82, 2.24) is 4.90 Å². The molecular weight excluding hydrogens is 392 g/mol. The van der Waals surface area contributed by atoms with Gasteiger partial charge in [-0.2, -0.15) is 0 Å². The van der Waals surface area contributed by atoms with Crippen molar-refractivity contribution in [2.45, 2.75) is 13.8 Å². The predicted molar refractivity (Wildman–Crippen MR) is 123 cm³/mol. The molecule has 0 bridgehead atoms. The third-order valence-corrected chi connectivity index (χ3v) is 5.77. The van der Waals surface area contributed by atoms with Gasteiger partial charge < -0.3 is 24.8 Å². The maximum atomic E-state index is 12.5. The molecule has 0 unspecified atom stereocenters. The van der Waals surface area contributed by atoms with Gasteiger partial charge in [-0.15, -0.1) is 0 Å². The van der Waals surface area contributed by atoms with E-state index in [1.165, 1.54) is 4.90 Å². The van der Waals surface area contributed by atoms with Crippen molar-refractivity contribution < 1.29 is 19.2 Å². The van der Waals surface area contributed by atoms with Crippen LogP contribution in [0.1, 0.15) is 24.2 Å². The normalized spacial score (nSPS) is 14.2. The molecule has 1 aliphatic heterocycles. The summed E-state index contributed by atoms with van der Waals surface area (Å²) in [5.74, 6) is 0.866. The molecule has 0 atom stereocenters. The molecule has 1 fully saturated rings. The Balaban J connectivity index is 1.47. The van der Waals surface area contributed by atoms with Gasteiger partial charge in [0.05, 0.1) is 33.3 Å².